The minimum atomic E-state index is -0.755. The van der Waals surface area contributed by atoms with Crippen LogP contribution in [0.4, 0.5) is 5.69 Å². The summed E-state index contributed by atoms with van der Waals surface area (Å²) in [5, 5.41) is 8.57. The van der Waals surface area contributed by atoms with Gasteiger partial charge in [0.2, 0.25) is 0 Å². The van der Waals surface area contributed by atoms with Crippen molar-refractivity contribution in [1.29, 1.82) is 0 Å². The first kappa shape index (κ1) is 13.8. The van der Waals surface area contributed by atoms with E-state index in [1.165, 1.54) is 0 Å². The monoisotopic (exact) mass is 301 g/mol. The number of carbonyl (C=O) groups is 1. The van der Waals surface area contributed by atoms with Crippen molar-refractivity contribution in [3.8, 4) is 5.75 Å². The number of methoxy groups -OCH3 is 1. The molecule has 0 atom stereocenters. The number of halogens is 1. The van der Waals surface area contributed by atoms with Crippen LogP contribution in [-0.2, 0) is 4.79 Å². The van der Waals surface area contributed by atoms with Crippen LogP contribution in [0.25, 0.3) is 0 Å². The van der Waals surface area contributed by atoms with Crippen molar-refractivity contribution in [3.63, 3.8) is 0 Å². The fourth-order valence-electron chi connectivity index (χ4n) is 1.49. The molecule has 1 aromatic rings. The van der Waals surface area contributed by atoms with Crippen molar-refractivity contribution in [2.24, 2.45) is 0 Å². The Bertz CT molecular complexity index is 395. The van der Waals surface area contributed by atoms with E-state index in [2.05, 4.69) is 15.9 Å². The summed E-state index contributed by atoms with van der Waals surface area (Å²) in [5.41, 5.74) is 1.03. The molecule has 0 unspecified atom stereocenters. The second kappa shape index (κ2) is 6.49. The molecule has 4 nitrogen and oxygen atoms in total. The van der Waals surface area contributed by atoms with Crippen LogP contribution < -0.4 is 9.64 Å². The van der Waals surface area contributed by atoms with Crippen molar-refractivity contribution in [1.82, 2.24) is 0 Å². The third kappa shape index (κ3) is 4.26. The highest BCUT2D eigenvalue weighted by atomic mass is 79.9. The molecule has 0 fully saturated rings. The average Bonchev–Trinajstić information content (AvgIpc) is 2.28. The van der Waals surface area contributed by atoms with Gasteiger partial charge in [-0.15, -0.1) is 0 Å². The van der Waals surface area contributed by atoms with E-state index < -0.39 is 5.97 Å². The smallest absolute Gasteiger partial charge is 0.303 e. The second-order valence-electron chi connectivity index (χ2n) is 3.74. The highest BCUT2D eigenvalue weighted by Gasteiger charge is 2.06. The van der Waals surface area contributed by atoms with Gasteiger partial charge in [-0.05, 0) is 40.5 Å². The van der Waals surface area contributed by atoms with Gasteiger partial charge < -0.3 is 14.7 Å². The third-order valence-corrected chi connectivity index (χ3v) is 3.08. The normalized spacial score (nSPS) is 10.1. The Morgan fingerprint density at radius 3 is 2.76 bits per heavy atom. The predicted molar refractivity (Wildman–Crippen MR) is 70.8 cm³/mol. The second-order valence-corrected chi connectivity index (χ2v) is 4.59. The first-order valence-corrected chi connectivity index (χ1v) is 6.10. The maximum absolute atomic E-state index is 10.4. The molecule has 0 aliphatic heterocycles. The van der Waals surface area contributed by atoms with Crippen LogP contribution in [0.5, 0.6) is 5.75 Å². The van der Waals surface area contributed by atoms with Crippen LogP contribution in [0.1, 0.15) is 12.8 Å². The molecule has 0 heterocycles. The van der Waals surface area contributed by atoms with Crippen LogP contribution in [0, 0.1) is 0 Å². The van der Waals surface area contributed by atoms with Gasteiger partial charge in [0.25, 0.3) is 0 Å². The van der Waals surface area contributed by atoms with Crippen molar-refractivity contribution in [2.45, 2.75) is 12.8 Å². The lowest BCUT2D eigenvalue weighted by molar-refractivity contribution is -0.137. The number of nitrogens with zero attached hydrogens (tertiary/aromatic N) is 1. The molecule has 0 spiro atoms. The van der Waals surface area contributed by atoms with E-state index in [4.69, 9.17) is 9.84 Å². The van der Waals surface area contributed by atoms with E-state index in [0.29, 0.717) is 13.0 Å². The Morgan fingerprint density at radius 1 is 1.53 bits per heavy atom. The number of aliphatic carboxylic acids is 1. The number of carboxylic acids is 1. The van der Waals surface area contributed by atoms with E-state index in [1.807, 2.05) is 30.1 Å². The molecule has 1 aromatic carbocycles. The fraction of sp³-hybridized carbons (Fsp3) is 0.417. The lowest BCUT2D eigenvalue weighted by Crippen LogP contribution is -2.19. The summed E-state index contributed by atoms with van der Waals surface area (Å²) in [6.07, 6.45) is 0.831. The number of carboxylic acid groups (broad SMARTS) is 1. The third-order valence-electron chi connectivity index (χ3n) is 2.46. The van der Waals surface area contributed by atoms with E-state index in [1.54, 1.807) is 7.11 Å². The summed E-state index contributed by atoms with van der Waals surface area (Å²) >= 11 is 3.42. The van der Waals surface area contributed by atoms with Crippen LogP contribution in [0.2, 0.25) is 0 Å². The van der Waals surface area contributed by atoms with Gasteiger partial charge in [0.15, 0.2) is 0 Å². The summed E-state index contributed by atoms with van der Waals surface area (Å²) in [4.78, 5) is 12.4. The molecule has 1 N–H and O–H groups in total. The molecule has 0 bridgehead atoms. The highest BCUT2D eigenvalue weighted by Crippen LogP contribution is 2.29. The molecule has 0 saturated carbocycles. The summed E-state index contributed by atoms with van der Waals surface area (Å²) in [6.45, 7) is 0.713. The molecule has 0 radical (unpaired) electrons. The van der Waals surface area contributed by atoms with Gasteiger partial charge in [0, 0.05) is 25.7 Å². The van der Waals surface area contributed by atoms with E-state index >= 15 is 0 Å². The molecule has 0 saturated heterocycles. The minimum absolute atomic E-state index is 0.196. The van der Waals surface area contributed by atoms with Gasteiger partial charge in [-0.1, -0.05) is 0 Å². The van der Waals surface area contributed by atoms with E-state index in [9.17, 15) is 4.79 Å². The molecule has 0 aromatic heterocycles. The zero-order valence-electron chi connectivity index (χ0n) is 9.94. The predicted octanol–water partition coefficient (Wildman–Crippen LogP) is 2.76. The topological polar surface area (TPSA) is 49.8 Å². The van der Waals surface area contributed by atoms with Crippen molar-refractivity contribution < 1.29 is 14.6 Å². The lowest BCUT2D eigenvalue weighted by atomic mass is 10.2. The summed E-state index contributed by atoms with van der Waals surface area (Å²) < 4.78 is 6.04. The number of rotatable bonds is 6. The number of ether oxygens (including phenoxy) is 1. The maximum Gasteiger partial charge on any atom is 0.303 e. The van der Waals surface area contributed by atoms with Crippen molar-refractivity contribution in [3.05, 3.63) is 22.7 Å². The zero-order chi connectivity index (χ0) is 12.8. The van der Waals surface area contributed by atoms with E-state index in [-0.39, 0.29) is 6.42 Å². The summed E-state index contributed by atoms with van der Waals surface area (Å²) in [7, 11) is 3.56. The first-order chi connectivity index (χ1) is 8.04. The van der Waals surface area contributed by atoms with Gasteiger partial charge in [0.05, 0.1) is 11.6 Å². The Morgan fingerprint density at radius 2 is 2.24 bits per heavy atom. The van der Waals surface area contributed by atoms with Gasteiger partial charge in [-0.2, -0.15) is 0 Å². The van der Waals surface area contributed by atoms with Gasteiger partial charge in [-0.25, -0.2) is 0 Å². The molecule has 0 aliphatic rings. The van der Waals surface area contributed by atoms with Crippen LogP contribution in [-0.4, -0.2) is 31.8 Å². The van der Waals surface area contributed by atoms with Crippen LogP contribution in [0.3, 0.4) is 0 Å². The van der Waals surface area contributed by atoms with Gasteiger partial charge in [0.1, 0.15) is 5.75 Å². The largest absolute Gasteiger partial charge is 0.496 e. The maximum atomic E-state index is 10.4. The molecular formula is C12H16BrNO3. The number of benzene rings is 1. The lowest BCUT2D eigenvalue weighted by Gasteiger charge is -2.19. The Labute approximate surface area is 109 Å². The first-order valence-electron chi connectivity index (χ1n) is 5.31. The number of hydrogen-bond donors (Lipinski definition) is 1. The highest BCUT2D eigenvalue weighted by molar-refractivity contribution is 9.10. The van der Waals surface area contributed by atoms with Crippen molar-refractivity contribution >= 4 is 27.6 Å². The Kier molecular flexibility index (Phi) is 5.28. The average molecular weight is 302 g/mol. The Hall–Kier alpha value is -1.23. The molecule has 0 amide bonds. The molecule has 0 aliphatic carbocycles. The summed E-state index contributed by atoms with van der Waals surface area (Å²) in [6, 6.07) is 5.79. The van der Waals surface area contributed by atoms with Crippen LogP contribution >= 0.6 is 15.9 Å². The standard InChI is InChI=1S/C12H16BrNO3/c1-14(7-3-4-12(15)16)9-5-6-11(17-2)10(13)8-9/h5-6,8H,3-4,7H2,1-2H3,(H,15,16). The Balaban J connectivity index is 2.59. The van der Waals surface area contributed by atoms with E-state index in [0.717, 1.165) is 15.9 Å². The minimum Gasteiger partial charge on any atom is -0.496 e. The van der Waals surface area contributed by atoms with Gasteiger partial charge >= 0.3 is 5.97 Å². The molecule has 94 valence electrons. The fourth-order valence-corrected chi connectivity index (χ4v) is 2.02. The molecule has 5 heteroatoms. The molecular weight excluding hydrogens is 286 g/mol. The SMILES string of the molecule is COc1ccc(N(C)CCCC(=O)O)cc1Br. The summed E-state index contributed by atoms with van der Waals surface area (Å²) in [5.74, 6) is 0.0296. The number of hydrogen-bond acceptors (Lipinski definition) is 3. The quantitative estimate of drug-likeness (QED) is 0.878. The van der Waals surface area contributed by atoms with Crippen molar-refractivity contribution in [2.75, 3.05) is 25.6 Å². The zero-order valence-corrected chi connectivity index (χ0v) is 11.5. The van der Waals surface area contributed by atoms with Crippen LogP contribution in [0.15, 0.2) is 22.7 Å². The molecule has 1 rings (SSSR count). The van der Waals surface area contributed by atoms with Gasteiger partial charge in [-0.3, -0.25) is 4.79 Å². The number of anilines is 1. The molecule has 17 heavy (non-hydrogen) atoms.